The van der Waals surface area contributed by atoms with Gasteiger partial charge >= 0.3 is 0 Å². The third-order valence-corrected chi connectivity index (χ3v) is 3.06. The highest BCUT2D eigenvalue weighted by molar-refractivity contribution is 9.09. The van der Waals surface area contributed by atoms with E-state index in [1.165, 1.54) is 0 Å². The molecule has 6 heteroatoms. The number of rotatable bonds is 5. The molecule has 1 rings (SSSR count). The Hall–Kier alpha value is -0.720. The van der Waals surface area contributed by atoms with E-state index in [2.05, 4.69) is 37.3 Å². The van der Waals surface area contributed by atoms with Crippen LogP contribution >= 0.6 is 31.9 Å². The molecule has 1 aromatic carbocycles. The van der Waals surface area contributed by atoms with Gasteiger partial charge in [0, 0.05) is 11.1 Å². The number of halogens is 2. The van der Waals surface area contributed by atoms with Crippen LogP contribution in [-0.4, -0.2) is 22.2 Å². The molecule has 1 aromatic rings. The Kier molecular flexibility index (Phi) is 5.11. The minimum absolute atomic E-state index is 0.0767. The maximum Gasteiger partial charge on any atom is 0.175 e. The van der Waals surface area contributed by atoms with Gasteiger partial charge in [-0.3, -0.25) is 15.4 Å². The van der Waals surface area contributed by atoms with Crippen molar-refractivity contribution in [3.63, 3.8) is 0 Å². The lowest BCUT2D eigenvalue weighted by molar-refractivity contribution is 0.102. The van der Waals surface area contributed by atoms with Gasteiger partial charge in [0.2, 0.25) is 0 Å². The van der Waals surface area contributed by atoms with E-state index in [0.29, 0.717) is 16.8 Å². The average molecular weight is 350 g/mol. The van der Waals surface area contributed by atoms with Crippen LogP contribution in [0.1, 0.15) is 20.7 Å². The molecule has 0 bridgehead atoms. The van der Waals surface area contributed by atoms with Crippen LogP contribution in [0.15, 0.2) is 18.2 Å². The molecule has 0 aliphatic rings. The summed E-state index contributed by atoms with van der Waals surface area (Å²) in [5.74, 6) is 5.09. The lowest BCUT2D eigenvalue weighted by Crippen LogP contribution is -2.14. The number of nitrogens with two attached hydrogens (primary N) is 1. The molecule has 0 saturated carbocycles. The van der Waals surface area contributed by atoms with Crippen LogP contribution in [0.5, 0.6) is 0 Å². The summed E-state index contributed by atoms with van der Waals surface area (Å²) in [4.78, 5) is 23.0. The molecule has 0 aliphatic carbocycles. The topological polar surface area (TPSA) is 72.2 Å². The average Bonchev–Trinajstić information content (AvgIpc) is 2.35. The lowest BCUT2D eigenvalue weighted by Gasteiger charge is -2.08. The second-order valence-corrected chi connectivity index (χ2v) is 4.14. The van der Waals surface area contributed by atoms with Crippen LogP contribution in [0.2, 0.25) is 0 Å². The fraction of sp³-hybridized carbons (Fsp3) is 0.200. The highest BCUT2D eigenvalue weighted by atomic mass is 79.9. The van der Waals surface area contributed by atoms with Gasteiger partial charge in [-0.25, -0.2) is 0 Å². The maximum absolute atomic E-state index is 11.6. The molecule has 3 N–H and O–H groups in total. The Morgan fingerprint density at radius 1 is 1.19 bits per heavy atom. The van der Waals surface area contributed by atoms with Gasteiger partial charge in [-0.2, -0.15) is 0 Å². The van der Waals surface area contributed by atoms with Gasteiger partial charge in [0.25, 0.3) is 0 Å². The number of hydrogen-bond acceptors (Lipinski definition) is 4. The van der Waals surface area contributed by atoms with E-state index in [0.717, 1.165) is 0 Å². The number of hydrogen-bond donors (Lipinski definition) is 2. The first kappa shape index (κ1) is 13.3. The van der Waals surface area contributed by atoms with Crippen molar-refractivity contribution in [3.8, 4) is 0 Å². The van der Waals surface area contributed by atoms with E-state index in [4.69, 9.17) is 5.84 Å². The number of nitrogens with one attached hydrogen (secondary N) is 1. The Balaban J connectivity index is 3.21. The lowest BCUT2D eigenvalue weighted by atomic mass is 10.0. The van der Waals surface area contributed by atoms with Gasteiger partial charge < -0.3 is 5.43 Å². The van der Waals surface area contributed by atoms with Crippen molar-refractivity contribution in [2.75, 3.05) is 16.1 Å². The van der Waals surface area contributed by atoms with E-state index in [-0.39, 0.29) is 22.2 Å². The summed E-state index contributed by atoms with van der Waals surface area (Å²) in [6.07, 6.45) is 0. The zero-order valence-corrected chi connectivity index (χ0v) is 11.5. The number of nitrogen functional groups attached to an aromatic ring is 1. The number of Topliss-reactive ketones (excluding diaryl/α,β-unsaturated/α-hetero) is 2. The Bertz CT molecular complexity index is 421. The monoisotopic (exact) mass is 348 g/mol. The van der Waals surface area contributed by atoms with Gasteiger partial charge in [0.05, 0.1) is 16.3 Å². The predicted octanol–water partition coefficient (Wildman–Crippen LogP) is 2.13. The SMILES string of the molecule is NNc1ccc(C(=O)CBr)cc1C(=O)CBr. The molecular weight excluding hydrogens is 340 g/mol. The van der Waals surface area contributed by atoms with E-state index < -0.39 is 0 Å². The summed E-state index contributed by atoms with van der Waals surface area (Å²) in [7, 11) is 0. The summed E-state index contributed by atoms with van der Waals surface area (Å²) < 4.78 is 0. The predicted molar refractivity (Wildman–Crippen MR) is 70.5 cm³/mol. The second kappa shape index (κ2) is 6.12. The van der Waals surface area contributed by atoms with E-state index in [1.54, 1.807) is 18.2 Å². The molecule has 0 amide bonds. The fourth-order valence-corrected chi connectivity index (χ4v) is 1.85. The summed E-state index contributed by atoms with van der Waals surface area (Å²) in [6, 6.07) is 4.79. The Morgan fingerprint density at radius 3 is 2.31 bits per heavy atom. The first-order chi connectivity index (χ1) is 7.63. The number of anilines is 1. The van der Waals surface area contributed by atoms with Crippen molar-refractivity contribution in [2.45, 2.75) is 0 Å². The molecule has 0 atom stereocenters. The van der Waals surface area contributed by atoms with Crippen molar-refractivity contribution in [2.24, 2.45) is 5.84 Å². The molecule has 0 aromatic heterocycles. The minimum Gasteiger partial charge on any atom is -0.323 e. The van der Waals surface area contributed by atoms with Crippen molar-refractivity contribution in [3.05, 3.63) is 29.3 Å². The smallest absolute Gasteiger partial charge is 0.175 e. The molecule has 0 unspecified atom stereocenters. The first-order valence-corrected chi connectivity index (χ1v) is 6.67. The first-order valence-electron chi connectivity index (χ1n) is 4.43. The summed E-state index contributed by atoms with van der Waals surface area (Å²) in [6.45, 7) is 0. The fourth-order valence-electron chi connectivity index (χ4n) is 1.22. The van der Waals surface area contributed by atoms with Crippen LogP contribution in [0.25, 0.3) is 0 Å². The van der Waals surface area contributed by atoms with Crippen LogP contribution in [-0.2, 0) is 0 Å². The number of carbonyl (C=O) groups is 2. The summed E-state index contributed by atoms with van der Waals surface area (Å²) >= 11 is 6.16. The number of carbonyl (C=O) groups excluding carboxylic acids is 2. The summed E-state index contributed by atoms with van der Waals surface area (Å²) in [5, 5.41) is 0.415. The Morgan fingerprint density at radius 2 is 1.81 bits per heavy atom. The Labute approximate surface area is 110 Å². The zero-order valence-electron chi connectivity index (χ0n) is 8.30. The molecule has 4 nitrogen and oxygen atoms in total. The van der Waals surface area contributed by atoms with E-state index in [9.17, 15) is 9.59 Å². The van der Waals surface area contributed by atoms with Crippen LogP contribution in [0.4, 0.5) is 5.69 Å². The zero-order chi connectivity index (χ0) is 12.1. The van der Waals surface area contributed by atoms with Crippen molar-refractivity contribution in [1.82, 2.24) is 0 Å². The second-order valence-electron chi connectivity index (χ2n) is 3.02. The highest BCUT2D eigenvalue weighted by Crippen LogP contribution is 2.18. The molecular formula is C10H10Br2N2O2. The standard InChI is InChI=1S/C10H10Br2N2O2/c11-4-9(15)6-1-2-8(14-13)7(3-6)10(16)5-12/h1-3,14H,4-5,13H2. The molecule has 86 valence electrons. The minimum atomic E-state index is -0.128. The quantitative estimate of drug-likeness (QED) is 0.369. The maximum atomic E-state index is 11.6. The highest BCUT2D eigenvalue weighted by Gasteiger charge is 2.13. The van der Waals surface area contributed by atoms with Crippen LogP contribution in [0, 0.1) is 0 Å². The molecule has 0 fully saturated rings. The number of ketones is 2. The number of hydrazine groups is 1. The van der Waals surface area contributed by atoms with Crippen molar-refractivity contribution < 1.29 is 9.59 Å². The molecule has 0 aliphatic heterocycles. The number of benzene rings is 1. The van der Waals surface area contributed by atoms with Gasteiger partial charge in [-0.1, -0.05) is 31.9 Å². The van der Waals surface area contributed by atoms with Crippen LogP contribution in [0.3, 0.4) is 0 Å². The summed E-state index contributed by atoms with van der Waals surface area (Å²) in [5.41, 5.74) is 3.83. The third kappa shape index (κ3) is 2.90. The van der Waals surface area contributed by atoms with Crippen LogP contribution < -0.4 is 11.3 Å². The third-order valence-electron chi connectivity index (χ3n) is 2.04. The van der Waals surface area contributed by atoms with Gasteiger partial charge in [0.1, 0.15) is 0 Å². The number of alkyl halides is 2. The van der Waals surface area contributed by atoms with Crippen molar-refractivity contribution in [1.29, 1.82) is 0 Å². The normalized spacial score (nSPS) is 9.94. The van der Waals surface area contributed by atoms with Gasteiger partial charge in [-0.15, -0.1) is 0 Å². The molecule has 0 spiro atoms. The molecule has 0 heterocycles. The largest absolute Gasteiger partial charge is 0.323 e. The van der Waals surface area contributed by atoms with Gasteiger partial charge in [-0.05, 0) is 18.2 Å². The molecule has 0 radical (unpaired) electrons. The van der Waals surface area contributed by atoms with Gasteiger partial charge in [0.15, 0.2) is 11.6 Å². The van der Waals surface area contributed by atoms with E-state index >= 15 is 0 Å². The van der Waals surface area contributed by atoms with Crippen molar-refractivity contribution >= 4 is 49.1 Å². The molecule has 0 saturated heterocycles. The van der Waals surface area contributed by atoms with E-state index in [1.807, 2.05) is 0 Å². The molecule has 16 heavy (non-hydrogen) atoms.